The van der Waals surface area contributed by atoms with Crippen molar-refractivity contribution in [3.05, 3.63) is 76.5 Å². The number of carbonyl (C=O) groups excluding carboxylic acids is 1. The number of carbonyl (C=O) groups is 1. The largest absolute Gasteiger partial charge is 0.497 e. The molecule has 0 unspecified atom stereocenters. The summed E-state index contributed by atoms with van der Waals surface area (Å²) in [5, 5.41) is 4.80. The minimum atomic E-state index is -0.206. The van der Waals surface area contributed by atoms with E-state index >= 15 is 0 Å². The summed E-state index contributed by atoms with van der Waals surface area (Å²) in [6.07, 6.45) is 0.985. The van der Waals surface area contributed by atoms with Crippen LogP contribution in [0, 0.1) is 5.82 Å². The van der Waals surface area contributed by atoms with Gasteiger partial charge in [0.1, 0.15) is 15.9 Å². The first-order chi connectivity index (χ1) is 13.6. The molecule has 0 saturated carbocycles. The maximum atomic E-state index is 13.7. The summed E-state index contributed by atoms with van der Waals surface area (Å²) in [5.41, 5.74) is 2.50. The van der Waals surface area contributed by atoms with Gasteiger partial charge in [-0.1, -0.05) is 42.1 Å². The maximum Gasteiger partial charge on any atom is 0.226 e. The lowest BCUT2D eigenvalue weighted by molar-refractivity contribution is -0.120. The molecule has 1 amide bonds. The van der Waals surface area contributed by atoms with Crippen LogP contribution in [0.2, 0.25) is 0 Å². The Bertz CT molecular complexity index is 930. The molecule has 7 heteroatoms. The summed E-state index contributed by atoms with van der Waals surface area (Å²) >= 11 is 2.95. The lowest BCUT2D eigenvalue weighted by atomic mass is 10.1. The Balaban J connectivity index is 1.42. The summed E-state index contributed by atoms with van der Waals surface area (Å²) < 4.78 is 19.7. The lowest BCUT2D eigenvalue weighted by Crippen LogP contribution is -2.27. The van der Waals surface area contributed by atoms with Crippen LogP contribution in [0.25, 0.3) is 0 Å². The minimum Gasteiger partial charge on any atom is -0.497 e. The van der Waals surface area contributed by atoms with Crippen LogP contribution in [0.5, 0.6) is 5.75 Å². The van der Waals surface area contributed by atoms with Gasteiger partial charge in [0.15, 0.2) is 0 Å². The van der Waals surface area contributed by atoms with E-state index in [9.17, 15) is 9.18 Å². The molecule has 1 heterocycles. The van der Waals surface area contributed by atoms with Crippen LogP contribution in [-0.4, -0.2) is 24.5 Å². The number of hydrogen-bond donors (Lipinski definition) is 1. The highest BCUT2D eigenvalue weighted by Crippen LogP contribution is 2.27. The number of nitrogens with zero attached hydrogens (tertiary/aromatic N) is 1. The molecule has 1 aromatic heterocycles. The Labute approximate surface area is 172 Å². The van der Waals surface area contributed by atoms with Crippen LogP contribution in [-0.2, 0) is 23.4 Å². The van der Waals surface area contributed by atoms with Gasteiger partial charge in [-0.05, 0) is 35.7 Å². The second-order valence-electron chi connectivity index (χ2n) is 6.11. The van der Waals surface area contributed by atoms with Crippen LogP contribution in [0.15, 0.2) is 58.3 Å². The van der Waals surface area contributed by atoms with E-state index in [0.29, 0.717) is 17.9 Å². The highest BCUT2D eigenvalue weighted by molar-refractivity contribution is 8.00. The number of aromatic nitrogens is 1. The molecule has 0 spiro atoms. The summed E-state index contributed by atoms with van der Waals surface area (Å²) in [4.78, 5) is 16.6. The van der Waals surface area contributed by atoms with E-state index in [4.69, 9.17) is 4.74 Å². The zero-order valence-corrected chi connectivity index (χ0v) is 17.1. The Kier molecular flexibility index (Phi) is 7.45. The fourth-order valence-electron chi connectivity index (χ4n) is 2.59. The third-order valence-electron chi connectivity index (χ3n) is 4.05. The third-order valence-corrected chi connectivity index (χ3v) is 6.17. The first kappa shape index (κ1) is 20.4. The normalized spacial score (nSPS) is 10.6. The second kappa shape index (κ2) is 10.2. The predicted octanol–water partition coefficient (Wildman–Crippen LogP) is 4.48. The van der Waals surface area contributed by atoms with Crippen LogP contribution in [0.1, 0.15) is 16.8 Å². The van der Waals surface area contributed by atoms with Crippen molar-refractivity contribution >= 4 is 29.0 Å². The van der Waals surface area contributed by atoms with Crippen molar-refractivity contribution in [2.24, 2.45) is 0 Å². The van der Waals surface area contributed by atoms with E-state index in [0.717, 1.165) is 27.8 Å². The summed E-state index contributed by atoms with van der Waals surface area (Å²) in [7, 11) is 1.64. The van der Waals surface area contributed by atoms with Gasteiger partial charge in [-0.2, -0.15) is 0 Å². The van der Waals surface area contributed by atoms with Crippen LogP contribution < -0.4 is 10.1 Å². The fourth-order valence-corrected chi connectivity index (χ4v) is 4.42. The van der Waals surface area contributed by atoms with E-state index in [1.54, 1.807) is 19.2 Å². The van der Waals surface area contributed by atoms with Gasteiger partial charge in [0.25, 0.3) is 0 Å². The van der Waals surface area contributed by atoms with E-state index in [1.807, 2.05) is 35.7 Å². The van der Waals surface area contributed by atoms with E-state index < -0.39 is 0 Å². The number of nitrogens with one attached hydrogen (secondary N) is 1. The highest BCUT2D eigenvalue weighted by Gasteiger charge is 2.09. The topological polar surface area (TPSA) is 51.2 Å². The molecule has 0 radical (unpaired) electrons. The van der Waals surface area contributed by atoms with Gasteiger partial charge < -0.3 is 10.1 Å². The molecule has 0 aliphatic carbocycles. The van der Waals surface area contributed by atoms with Gasteiger partial charge in [0.05, 0.1) is 19.2 Å². The van der Waals surface area contributed by atoms with Gasteiger partial charge in [-0.3, -0.25) is 4.79 Å². The molecule has 0 bridgehead atoms. The quantitative estimate of drug-likeness (QED) is 0.523. The smallest absolute Gasteiger partial charge is 0.226 e. The van der Waals surface area contributed by atoms with E-state index in [1.165, 1.54) is 29.2 Å². The molecule has 0 atom stereocenters. The molecular formula is C21H21FN2O2S2. The highest BCUT2D eigenvalue weighted by atomic mass is 32.2. The van der Waals surface area contributed by atoms with Gasteiger partial charge in [0.2, 0.25) is 5.91 Å². The Morgan fingerprint density at radius 2 is 2.11 bits per heavy atom. The van der Waals surface area contributed by atoms with Crippen molar-refractivity contribution < 1.29 is 13.9 Å². The number of hydrogen-bond acceptors (Lipinski definition) is 5. The van der Waals surface area contributed by atoms with Gasteiger partial charge >= 0.3 is 0 Å². The number of benzene rings is 2. The molecule has 3 aromatic rings. The second-order valence-corrected chi connectivity index (χ2v) is 8.19. The van der Waals surface area contributed by atoms with Crippen molar-refractivity contribution in [1.29, 1.82) is 0 Å². The Hall–Kier alpha value is -2.38. The van der Waals surface area contributed by atoms with Crippen molar-refractivity contribution in [2.75, 3.05) is 13.7 Å². The van der Waals surface area contributed by atoms with Crippen LogP contribution in [0.3, 0.4) is 0 Å². The van der Waals surface area contributed by atoms with Gasteiger partial charge in [-0.25, -0.2) is 9.37 Å². The van der Waals surface area contributed by atoms with Crippen LogP contribution >= 0.6 is 23.1 Å². The molecular weight excluding hydrogens is 395 g/mol. The van der Waals surface area contributed by atoms with Crippen molar-refractivity contribution in [3.8, 4) is 5.75 Å². The average Bonchev–Trinajstić information content (AvgIpc) is 3.14. The first-order valence-corrected chi connectivity index (χ1v) is 10.7. The van der Waals surface area contributed by atoms with Crippen LogP contribution in [0.4, 0.5) is 4.39 Å². The Morgan fingerprint density at radius 3 is 2.93 bits per heavy atom. The van der Waals surface area contributed by atoms with Gasteiger partial charge in [-0.15, -0.1) is 11.3 Å². The SMILES string of the molecule is COc1cccc(CCNC(=O)Cc2csc(SCc3ccccc3F)n2)c1. The zero-order chi connectivity index (χ0) is 19.8. The number of ether oxygens (including phenoxy) is 1. The number of rotatable bonds is 9. The molecule has 3 rings (SSSR count). The maximum absolute atomic E-state index is 13.7. The average molecular weight is 417 g/mol. The van der Waals surface area contributed by atoms with Crippen molar-refractivity contribution in [1.82, 2.24) is 10.3 Å². The standard InChI is InChI=1S/C21H21FN2O2S2/c1-26-18-7-4-5-15(11-18)9-10-23-20(25)12-17-14-28-21(24-17)27-13-16-6-2-3-8-19(16)22/h2-8,11,14H,9-10,12-13H2,1H3,(H,23,25). The molecule has 0 fully saturated rings. The monoisotopic (exact) mass is 416 g/mol. The molecule has 2 aromatic carbocycles. The summed E-state index contributed by atoms with van der Waals surface area (Å²) in [6.45, 7) is 0.561. The summed E-state index contributed by atoms with van der Waals surface area (Å²) in [6, 6.07) is 14.5. The van der Waals surface area contributed by atoms with Gasteiger partial charge in [0, 0.05) is 17.7 Å². The number of amides is 1. The molecule has 0 aliphatic heterocycles. The number of methoxy groups -OCH3 is 1. The number of halogens is 1. The molecule has 1 N–H and O–H groups in total. The molecule has 4 nitrogen and oxygen atoms in total. The first-order valence-electron chi connectivity index (χ1n) is 8.84. The number of thiazole rings is 1. The molecule has 0 saturated heterocycles. The minimum absolute atomic E-state index is 0.0566. The van der Waals surface area contributed by atoms with Crippen molar-refractivity contribution in [3.63, 3.8) is 0 Å². The fraction of sp³-hybridized carbons (Fsp3) is 0.238. The molecule has 0 aliphatic rings. The van der Waals surface area contributed by atoms with E-state index in [2.05, 4.69) is 10.3 Å². The van der Waals surface area contributed by atoms with Crippen molar-refractivity contribution in [2.45, 2.75) is 22.9 Å². The van der Waals surface area contributed by atoms with E-state index in [-0.39, 0.29) is 18.1 Å². The lowest BCUT2D eigenvalue weighted by Gasteiger charge is -2.06. The zero-order valence-electron chi connectivity index (χ0n) is 15.5. The summed E-state index contributed by atoms with van der Waals surface area (Å²) in [5.74, 6) is 1.07. The Morgan fingerprint density at radius 1 is 1.25 bits per heavy atom. The predicted molar refractivity (Wildman–Crippen MR) is 111 cm³/mol. The number of thioether (sulfide) groups is 1. The third kappa shape index (κ3) is 6.07. The molecule has 146 valence electrons. The molecule has 28 heavy (non-hydrogen) atoms.